The first-order valence-corrected chi connectivity index (χ1v) is 19.3. The van der Waals surface area contributed by atoms with E-state index < -0.39 is 48.8 Å². The van der Waals surface area contributed by atoms with Gasteiger partial charge in [0.25, 0.3) is 11.8 Å². The number of fused-ring (bicyclic) bond motifs is 2. The number of hydroxylamine groups is 2. The predicted molar refractivity (Wildman–Crippen MR) is 185 cm³/mol. The number of benzene rings is 2. The fourth-order valence-corrected chi connectivity index (χ4v) is 7.89. The molecule has 3 aliphatic heterocycles. The van der Waals surface area contributed by atoms with E-state index in [1.165, 1.54) is 24.3 Å². The third kappa shape index (κ3) is 7.61. The van der Waals surface area contributed by atoms with E-state index >= 15 is 0 Å². The van der Waals surface area contributed by atoms with Crippen LogP contribution in [0, 0.1) is 0 Å². The highest BCUT2D eigenvalue weighted by atomic mass is 32.2. The quantitative estimate of drug-likeness (QED) is 0.0985. The molecule has 3 heterocycles. The molecule has 3 aliphatic rings. The largest absolute Gasteiger partial charge is 0.744 e. The fourth-order valence-electron chi connectivity index (χ4n) is 6.90. The molecule has 5 rings (SSSR count). The van der Waals surface area contributed by atoms with Gasteiger partial charge in [0.05, 0.1) is 15.2 Å². The molecule has 15 heteroatoms. The Morgan fingerprint density at radius 1 is 0.843 bits per heavy atom. The van der Waals surface area contributed by atoms with Gasteiger partial charge in [0.15, 0.2) is 5.71 Å². The van der Waals surface area contributed by atoms with Crippen molar-refractivity contribution in [2.75, 3.05) is 18.5 Å². The Morgan fingerprint density at radius 2 is 1.45 bits per heavy atom. The van der Waals surface area contributed by atoms with Crippen LogP contribution in [0.4, 0.5) is 11.4 Å². The van der Waals surface area contributed by atoms with Crippen molar-refractivity contribution in [3.05, 3.63) is 83.6 Å². The zero-order valence-corrected chi connectivity index (χ0v) is 30.7. The fraction of sp³-hybridized carbons (Fsp3) is 0.389. The van der Waals surface area contributed by atoms with E-state index in [1.807, 2.05) is 69.7 Å². The molecule has 0 aliphatic carbocycles. The Bertz CT molecular complexity index is 2130. The molecule has 272 valence electrons. The molecular formula is C36H40N3O10S2-. The topological polar surface area (TPSA) is 184 Å². The number of unbranched alkanes of at least 4 members (excludes halogenated alkanes) is 2. The van der Waals surface area contributed by atoms with Crippen LogP contribution in [0.25, 0.3) is 0 Å². The second-order valence-electron chi connectivity index (χ2n) is 13.8. The Kier molecular flexibility index (Phi) is 10.3. The molecular weight excluding hydrogens is 699 g/mol. The number of imide groups is 1. The third-order valence-electron chi connectivity index (χ3n) is 9.64. The first-order valence-electron chi connectivity index (χ1n) is 16.5. The molecule has 0 bridgehead atoms. The van der Waals surface area contributed by atoms with Crippen molar-refractivity contribution >= 4 is 55.1 Å². The Morgan fingerprint density at radius 3 is 2.08 bits per heavy atom. The summed E-state index contributed by atoms with van der Waals surface area (Å²) >= 11 is 0. The summed E-state index contributed by atoms with van der Waals surface area (Å²) in [5.41, 5.74) is 3.45. The van der Waals surface area contributed by atoms with Gasteiger partial charge in [-0.05, 0) is 68.7 Å². The number of allylic oxidation sites excluding steroid dienone is 6. The highest BCUT2D eigenvalue weighted by Gasteiger charge is 2.43. The molecule has 13 nitrogen and oxygen atoms in total. The maximum atomic E-state index is 12.2. The molecule has 0 spiro atoms. The normalized spacial score (nSPS) is 19.2. The van der Waals surface area contributed by atoms with E-state index in [-0.39, 0.29) is 29.1 Å². The standard InChI is InChI=1S/C36H41N3O10S2/c1-35(2)26-22-24(50(43,44)45)15-17-28(26)37(5)30(35)12-8-6-9-13-31-36(3,4)27-23-25(51(46,47)48)16-18-29(27)38(31)21-11-7-10-14-34(42)49-39-32(40)19-20-33(39)41/h6,8-9,12-13,15-18,22-23H,7,10-11,14,19-21H2,1-5H3,(H-,43,44,45,46,47,48)/p-1. The summed E-state index contributed by atoms with van der Waals surface area (Å²) in [5, 5.41) is 0.534. The number of hydrogen-bond donors (Lipinski definition) is 0. The number of nitrogens with zero attached hydrogens (tertiary/aromatic N) is 3. The van der Waals surface area contributed by atoms with Crippen LogP contribution in [-0.2, 0) is 50.3 Å². The number of anilines is 1. The van der Waals surface area contributed by atoms with Crippen molar-refractivity contribution in [1.82, 2.24) is 5.06 Å². The van der Waals surface area contributed by atoms with Crippen molar-refractivity contribution in [2.45, 2.75) is 86.8 Å². The lowest BCUT2D eigenvalue weighted by Gasteiger charge is -2.27. The molecule has 0 saturated carbocycles. The Labute approximate surface area is 298 Å². The van der Waals surface area contributed by atoms with Crippen LogP contribution in [0.1, 0.15) is 77.3 Å². The van der Waals surface area contributed by atoms with Gasteiger partial charge in [-0.25, -0.2) is 21.6 Å². The van der Waals surface area contributed by atoms with Crippen LogP contribution >= 0.6 is 0 Å². The highest BCUT2D eigenvalue weighted by molar-refractivity contribution is 7.86. The summed E-state index contributed by atoms with van der Waals surface area (Å²) in [5.74, 6) is -1.73. The van der Waals surface area contributed by atoms with Gasteiger partial charge in [-0.15, -0.1) is 5.06 Å². The molecule has 2 aromatic rings. The molecule has 0 aromatic heterocycles. The second kappa shape index (κ2) is 13.9. The van der Waals surface area contributed by atoms with Crippen LogP contribution in [0.5, 0.6) is 0 Å². The minimum absolute atomic E-state index is 0.0219. The summed E-state index contributed by atoms with van der Waals surface area (Å²) < 4.78 is 72.6. The molecule has 0 atom stereocenters. The summed E-state index contributed by atoms with van der Waals surface area (Å²) in [6.45, 7) is 8.31. The molecule has 0 radical (unpaired) electrons. The Balaban J connectivity index is 1.32. The van der Waals surface area contributed by atoms with Gasteiger partial charge in [-0.1, -0.05) is 38.5 Å². The van der Waals surface area contributed by atoms with E-state index in [0.717, 1.165) is 28.3 Å². The summed E-state index contributed by atoms with van der Waals surface area (Å²) in [7, 11) is -7.42. The number of carbonyl (C=O) groups excluding carboxylic acids is 3. The summed E-state index contributed by atoms with van der Waals surface area (Å²) in [4.78, 5) is 42.1. The smallest absolute Gasteiger partial charge is 0.333 e. The van der Waals surface area contributed by atoms with Crippen molar-refractivity contribution < 1.29 is 49.7 Å². The van der Waals surface area contributed by atoms with E-state index in [4.69, 9.17) is 4.84 Å². The van der Waals surface area contributed by atoms with Gasteiger partial charge in [-0.2, -0.15) is 4.58 Å². The van der Waals surface area contributed by atoms with Crippen LogP contribution < -0.4 is 4.90 Å². The van der Waals surface area contributed by atoms with Gasteiger partial charge < -0.3 is 18.8 Å². The maximum absolute atomic E-state index is 12.2. The number of carbonyl (C=O) groups is 3. The van der Waals surface area contributed by atoms with Crippen molar-refractivity contribution in [3.8, 4) is 0 Å². The number of amides is 2. The maximum Gasteiger partial charge on any atom is 0.333 e. The van der Waals surface area contributed by atoms with Crippen LogP contribution in [0.2, 0.25) is 0 Å². The zero-order valence-electron chi connectivity index (χ0n) is 29.0. The van der Waals surface area contributed by atoms with Crippen molar-refractivity contribution in [3.63, 3.8) is 0 Å². The first kappa shape index (κ1) is 37.8. The lowest BCUT2D eigenvalue weighted by Crippen LogP contribution is -2.32. The summed E-state index contributed by atoms with van der Waals surface area (Å²) in [6.07, 6.45) is 11.2. The van der Waals surface area contributed by atoms with Crippen molar-refractivity contribution in [1.29, 1.82) is 0 Å². The Hall–Kier alpha value is -4.44. The average Bonchev–Trinajstić information content (AvgIpc) is 3.54. The van der Waals surface area contributed by atoms with Crippen LogP contribution in [-0.4, -0.2) is 72.7 Å². The zero-order chi connectivity index (χ0) is 37.5. The van der Waals surface area contributed by atoms with Crippen molar-refractivity contribution in [2.24, 2.45) is 0 Å². The SMILES string of the molecule is C[N+]1=C(/C=C/C=C/C=C2/N(CCCCCC(=O)ON3C(=O)CCC3=O)c3ccc(S(=O)(=O)[O-])cc3C2(C)C)C(C)(C)c2cc(S(=O)(=O)[O-])ccc21. The minimum Gasteiger partial charge on any atom is -0.744 e. The molecule has 51 heavy (non-hydrogen) atoms. The minimum atomic E-state index is -4.69. The highest BCUT2D eigenvalue weighted by Crippen LogP contribution is 2.48. The van der Waals surface area contributed by atoms with Crippen LogP contribution in [0.15, 0.2) is 82.3 Å². The lowest BCUT2D eigenvalue weighted by atomic mass is 9.81. The van der Waals surface area contributed by atoms with E-state index in [0.29, 0.717) is 36.4 Å². The first-order chi connectivity index (χ1) is 23.7. The molecule has 0 unspecified atom stereocenters. The molecule has 1 saturated heterocycles. The number of rotatable bonds is 12. The van der Waals surface area contributed by atoms with E-state index in [1.54, 1.807) is 12.1 Å². The molecule has 2 aromatic carbocycles. The third-order valence-corrected chi connectivity index (χ3v) is 11.3. The molecule has 1 fully saturated rings. The molecule has 0 N–H and O–H groups in total. The summed E-state index contributed by atoms with van der Waals surface area (Å²) in [6, 6.07) is 8.72. The van der Waals surface area contributed by atoms with Gasteiger partial charge in [0, 0.05) is 60.3 Å². The lowest BCUT2D eigenvalue weighted by molar-refractivity contribution is -0.401. The van der Waals surface area contributed by atoms with Gasteiger partial charge in [-0.3, -0.25) is 9.59 Å². The van der Waals surface area contributed by atoms with Gasteiger partial charge in [0.2, 0.25) is 5.69 Å². The monoisotopic (exact) mass is 738 g/mol. The van der Waals surface area contributed by atoms with Gasteiger partial charge >= 0.3 is 5.97 Å². The average molecular weight is 739 g/mol. The predicted octanol–water partition coefficient (Wildman–Crippen LogP) is 4.46. The van der Waals surface area contributed by atoms with Crippen LogP contribution in [0.3, 0.4) is 0 Å². The van der Waals surface area contributed by atoms with Gasteiger partial charge in [0.1, 0.15) is 27.3 Å². The molecule has 2 amide bonds. The second-order valence-corrected chi connectivity index (χ2v) is 16.5. The van der Waals surface area contributed by atoms with E-state index in [9.17, 15) is 40.3 Å². The number of hydrogen-bond acceptors (Lipinski definition) is 11. The van der Waals surface area contributed by atoms with E-state index in [2.05, 4.69) is 4.90 Å².